The number of ether oxygens (including phenoxy) is 1. The van der Waals surface area contributed by atoms with Gasteiger partial charge >= 0.3 is 0 Å². The molecule has 1 amide bonds. The largest absolute Gasteiger partial charge is 0.372 e. The fraction of sp³-hybridized carbons (Fsp3) is 0.435. The lowest BCUT2D eigenvalue weighted by Gasteiger charge is -2.36. The van der Waals surface area contributed by atoms with E-state index in [2.05, 4.69) is 24.1 Å². The van der Waals surface area contributed by atoms with Gasteiger partial charge in [-0.3, -0.25) is 4.79 Å². The second kappa shape index (κ2) is 9.80. The van der Waals surface area contributed by atoms with Crippen LogP contribution in [-0.4, -0.2) is 57.0 Å². The van der Waals surface area contributed by atoms with Crippen molar-refractivity contribution in [1.29, 1.82) is 0 Å². The molecule has 0 aliphatic carbocycles. The molecule has 1 aliphatic heterocycles. The third-order valence-electron chi connectivity index (χ3n) is 5.37. The minimum Gasteiger partial charge on any atom is -0.372 e. The minimum absolute atomic E-state index is 0.177. The van der Waals surface area contributed by atoms with Crippen LogP contribution in [0.15, 0.2) is 53.4 Å². The fourth-order valence-corrected chi connectivity index (χ4v) is 5.30. The van der Waals surface area contributed by atoms with Gasteiger partial charge < -0.3 is 15.0 Å². The van der Waals surface area contributed by atoms with Crippen molar-refractivity contribution in [3.8, 4) is 0 Å². The van der Waals surface area contributed by atoms with Gasteiger partial charge in [0.15, 0.2) is 0 Å². The minimum atomic E-state index is -3.54. The Bertz CT molecular complexity index is 976. The van der Waals surface area contributed by atoms with Crippen LogP contribution in [-0.2, 0) is 14.8 Å². The maximum atomic E-state index is 12.6. The highest BCUT2D eigenvalue weighted by molar-refractivity contribution is 7.89. The number of amides is 1. The van der Waals surface area contributed by atoms with E-state index < -0.39 is 10.0 Å². The Hall–Kier alpha value is -2.42. The highest BCUT2D eigenvalue weighted by Crippen LogP contribution is 2.23. The zero-order chi connectivity index (χ0) is 22.6. The van der Waals surface area contributed by atoms with Crippen molar-refractivity contribution < 1.29 is 17.9 Å². The van der Waals surface area contributed by atoms with Crippen LogP contribution >= 0.6 is 0 Å². The molecule has 0 saturated carbocycles. The highest BCUT2D eigenvalue weighted by atomic mass is 32.2. The van der Waals surface area contributed by atoms with Crippen molar-refractivity contribution in [3.05, 3.63) is 54.1 Å². The van der Waals surface area contributed by atoms with E-state index in [1.807, 2.05) is 24.3 Å². The van der Waals surface area contributed by atoms with Crippen molar-refractivity contribution in [2.45, 2.75) is 44.8 Å². The molecule has 7 nitrogen and oxygen atoms in total. The lowest BCUT2D eigenvalue weighted by molar-refractivity contribution is -0.00521. The Kier molecular flexibility index (Phi) is 7.35. The maximum absolute atomic E-state index is 12.6. The number of hydrogen-bond acceptors (Lipinski definition) is 5. The van der Waals surface area contributed by atoms with Gasteiger partial charge in [0.05, 0.1) is 17.1 Å². The average Bonchev–Trinajstić information content (AvgIpc) is 2.74. The number of carbonyl (C=O) groups is 1. The molecule has 1 saturated heterocycles. The zero-order valence-corrected chi connectivity index (χ0v) is 19.4. The molecule has 0 bridgehead atoms. The van der Waals surface area contributed by atoms with E-state index in [0.29, 0.717) is 24.3 Å². The molecular formula is C23H31N3O4S. The molecule has 168 valence electrons. The highest BCUT2D eigenvalue weighted by Gasteiger charge is 2.23. The molecule has 1 heterocycles. The first-order valence-corrected chi connectivity index (χ1v) is 12.1. The number of anilines is 2. The molecule has 3 rings (SSSR count). The van der Waals surface area contributed by atoms with Crippen molar-refractivity contribution in [3.63, 3.8) is 0 Å². The van der Waals surface area contributed by atoms with Gasteiger partial charge in [0.1, 0.15) is 0 Å². The van der Waals surface area contributed by atoms with Gasteiger partial charge in [-0.1, -0.05) is 13.8 Å². The zero-order valence-electron chi connectivity index (χ0n) is 18.5. The van der Waals surface area contributed by atoms with Crippen molar-refractivity contribution >= 4 is 27.3 Å². The molecular weight excluding hydrogens is 414 g/mol. The summed E-state index contributed by atoms with van der Waals surface area (Å²) in [4.78, 5) is 15.1. The predicted molar refractivity (Wildman–Crippen MR) is 123 cm³/mol. The summed E-state index contributed by atoms with van der Waals surface area (Å²) in [5.41, 5.74) is 2.17. The summed E-state index contributed by atoms with van der Waals surface area (Å²) in [6.07, 6.45) is 0.355. The first-order valence-electron chi connectivity index (χ1n) is 10.7. The van der Waals surface area contributed by atoms with Gasteiger partial charge in [0.2, 0.25) is 10.0 Å². The topological polar surface area (TPSA) is 79.0 Å². The van der Waals surface area contributed by atoms with Crippen LogP contribution in [0.5, 0.6) is 0 Å². The molecule has 1 fully saturated rings. The summed E-state index contributed by atoms with van der Waals surface area (Å²) >= 11 is 0. The predicted octanol–water partition coefficient (Wildman–Crippen LogP) is 3.58. The summed E-state index contributed by atoms with van der Waals surface area (Å²) in [7, 11) is -3.54. The molecule has 0 aromatic heterocycles. The number of sulfonamides is 1. The molecule has 2 atom stereocenters. The molecule has 0 spiro atoms. The molecule has 8 heteroatoms. The van der Waals surface area contributed by atoms with Crippen LogP contribution in [0.25, 0.3) is 0 Å². The van der Waals surface area contributed by atoms with Crippen LogP contribution in [0.3, 0.4) is 0 Å². The van der Waals surface area contributed by atoms with Crippen LogP contribution in [0.2, 0.25) is 0 Å². The Labute approximate surface area is 185 Å². The Balaban J connectivity index is 1.66. The number of benzene rings is 2. The first kappa shape index (κ1) is 23.2. The number of rotatable bonds is 7. The monoisotopic (exact) mass is 445 g/mol. The summed E-state index contributed by atoms with van der Waals surface area (Å²) in [5.74, 6) is -0.284. The molecule has 31 heavy (non-hydrogen) atoms. The molecule has 1 N–H and O–H groups in total. The van der Waals surface area contributed by atoms with Crippen LogP contribution in [0.1, 0.15) is 38.1 Å². The van der Waals surface area contributed by atoms with Gasteiger partial charge in [-0.05, 0) is 62.4 Å². The number of nitrogens with one attached hydrogen (secondary N) is 1. The molecule has 2 aromatic carbocycles. The smallest absolute Gasteiger partial charge is 0.255 e. The normalized spacial score (nSPS) is 19.5. The molecule has 1 aliphatic rings. The second-order valence-electron chi connectivity index (χ2n) is 7.78. The van der Waals surface area contributed by atoms with Gasteiger partial charge in [-0.25, -0.2) is 8.42 Å². The summed E-state index contributed by atoms with van der Waals surface area (Å²) in [6, 6.07) is 13.8. The van der Waals surface area contributed by atoms with Gasteiger partial charge in [-0.15, -0.1) is 0 Å². The second-order valence-corrected chi connectivity index (χ2v) is 9.71. The van der Waals surface area contributed by atoms with E-state index in [1.54, 1.807) is 13.8 Å². The lowest BCUT2D eigenvalue weighted by atomic mass is 10.1. The molecule has 0 radical (unpaired) electrons. The molecule has 2 aromatic rings. The van der Waals surface area contributed by atoms with Crippen molar-refractivity contribution in [2.24, 2.45) is 0 Å². The van der Waals surface area contributed by atoms with Crippen molar-refractivity contribution in [2.75, 3.05) is 36.4 Å². The quantitative estimate of drug-likeness (QED) is 0.705. The van der Waals surface area contributed by atoms with E-state index in [1.165, 1.54) is 28.6 Å². The summed E-state index contributed by atoms with van der Waals surface area (Å²) < 4.78 is 32.3. The fourth-order valence-electron chi connectivity index (χ4n) is 3.84. The third kappa shape index (κ3) is 5.44. The van der Waals surface area contributed by atoms with E-state index in [4.69, 9.17) is 4.74 Å². The van der Waals surface area contributed by atoms with E-state index in [9.17, 15) is 13.2 Å². The summed E-state index contributed by atoms with van der Waals surface area (Å²) in [6.45, 7) is 10.2. The Morgan fingerprint density at radius 3 is 2.06 bits per heavy atom. The lowest BCUT2D eigenvalue weighted by Crippen LogP contribution is -2.45. The van der Waals surface area contributed by atoms with Crippen LogP contribution in [0, 0.1) is 0 Å². The maximum Gasteiger partial charge on any atom is 0.255 e. The SMILES string of the molecule is CCN(CC)S(=O)(=O)c1ccc(C(=O)Nc2ccc(N3CC(C)OC(C)C3)cc2)cc1. The molecule has 2 unspecified atom stereocenters. The van der Waals surface area contributed by atoms with Gasteiger partial charge in [-0.2, -0.15) is 4.31 Å². The van der Waals surface area contributed by atoms with Crippen LogP contribution in [0.4, 0.5) is 11.4 Å². The third-order valence-corrected chi connectivity index (χ3v) is 7.43. The van der Waals surface area contributed by atoms with Gasteiger partial charge in [0.25, 0.3) is 5.91 Å². The number of hydrogen-bond donors (Lipinski definition) is 1. The number of morpholine rings is 1. The Morgan fingerprint density at radius 2 is 1.55 bits per heavy atom. The van der Waals surface area contributed by atoms with Crippen molar-refractivity contribution in [1.82, 2.24) is 4.31 Å². The van der Waals surface area contributed by atoms with Crippen LogP contribution < -0.4 is 10.2 Å². The van der Waals surface area contributed by atoms with E-state index in [0.717, 1.165) is 18.8 Å². The average molecular weight is 446 g/mol. The van der Waals surface area contributed by atoms with E-state index >= 15 is 0 Å². The van der Waals surface area contributed by atoms with E-state index in [-0.39, 0.29) is 23.0 Å². The standard InChI is InChI=1S/C23H31N3O4S/c1-5-26(6-2)31(28,29)22-13-7-19(8-14-22)23(27)24-20-9-11-21(12-10-20)25-15-17(3)30-18(4)16-25/h7-14,17-18H,5-6,15-16H2,1-4H3,(H,24,27). The first-order chi connectivity index (χ1) is 14.7. The summed E-state index contributed by atoms with van der Waals surface area (Å²) in [5, 5.41) is 2.87. The van der Waals surface area contributed by atoms with Gasteiger partial charge in [0, 0.05) is 43.1 Å². The number of nitrogens with zero attached hydrogens (tertiary/aromatic N) is 2. The number of carbonyl (C=O) groups excluding carboxylic acids is 1. The Morgan fingerprint density at radius 1 is 1.00 bits per heavy atom.